The number of amides is 1. The molecule has 1 aliphatic rings. The van der Waals surface area contributed by atoms with E-state index in [-0.39, 0.29) is 5.91 Å². The zero-order chi connectivity index (χ0) is 11.4. The van der Waals surface area contributed by atoms with Crippen molar-refractivity contribution in [1.29, 1.82) is 0 Å². The maximum absolute atomic E-state index is 11.4. The van der Waals surface area contributed by atoms with Crippen LogP contribution in [0, 0.1) is 5.92 Å². The first kappa shape index (κ1) is 11.1. The molecule has 1 aromatic rings. The van der Waals surface area contributed by atoms with Gasteiger partial charge in [-0.25, -0.2) is 4.98 Å². The van der Waals surface area contributed by atoms with Crippen molar-refractivity contribution in [2.24, 2.45) is 13.0 Å². The van der Waals surface area contributed by atoms with Crippen molar-refractivity contribution in [3.05, 3.63) is 12.2 Å². The Morgan fingerprint density at radius 3 is 3.06 bits per heavy atom. The third kappa shape index (κ3) is 3.62. The summed E-state index contributed by atoms with van der Waals surface area (Å²) in [5.74, 6) is 1.47. The van der Waals surface area contributed by atoms with Crippen LogP contribution in [0.3, 0.4) is 0 Å². The second kappa shape index (κ2) is 5.07. The number of nitrogens with one attached hydrogen (secondary N) is 2. The topological polar surface area (TPSA) is 71.8 Å². The van der Waals surface area contributed by atoms with Crippen molar-refractivity contribution in [3.63, 3.8) is 0 Å². The van der Waals surface area contributed by atoms with Crippen LogP contribution in [0.4, 0.5) is 0 Å². The summed E-state index contributed by atoms with van der Waals surface area (Å²) in [7, 11) is 1.82. The fourth-order valence-electron chi connectivity index (χ4n) is 1.40. The Morgan fingerprint density at radius 2 is 2.44 bits per heavy atom. The van der Waals surface area contributed by atoms with Crippen LogP contribution in [-0.2, 0) is 18.4 Å². The average Bonchev–Trinajstić information content (AvgIpc) is 2.99. The van der Waals surface area contributed by atoms with E-state index >= 15 is 0 Å². The highest BCUT2D eigenvalue weighted by atomic mass is 16.1. The van der Waals surface area contributed by atoms with Gasteiger partial charge >= 0.3 is 0 Å². The Morgan fingerprint density at radius 1 is 1.62 bits per heavy atom. The SMILES string of the molecule is Cn1cnc(CNCC(=O)NCC2CC2)n1. The first-order valence-corrected chi connectivity index (χ1v) is 5.56. The van der Waals surface area contributed by atoms with Crippen LogP contribution in [0.5, 0.6) is 0 Å². The number of hydrogen-bond donors (Lipinski definition) is 2. The van der Waals surface area contributed by atoms with Crippen LogP contribution in [0.25, 0.3) is 0 Å². The Labute approximate surface area is 94.4 Å². The van der Waals surface area contributed by atoms with Crippen LogP contribution >= 0.6 is 0 Å². The summed E-state index contributed by atoms with van der Waals surface area (Å²) in [6.45, 7) is 1.67. The van der Waals surface area contributed by atoms with E-state index in [0.717, 1.165) is 12.5 Å². The van der Waals surface area contributed by atoms with Crippen LogP contribution in [-0.4, -0.2) is 33.8 Å². The zero-order valence-corrected chi connectivity index (χ0v) is 9.44. The fourth-order valence-corrected chi connectivity index (χ4v) is 1.40. The average molecular weight is 223 g/mol. The monoisotopic (exact) mass is 223 g/mol. The first-order chi connectivity index (χ1) is 7.74. The zero-order valence-electron chi connectivity index (χ0n) is 9.44. The van der Waals surface area contributed by atoms with Gasteiger partial charge in [0, 0.05) is 13.6 Å². The van der Waals surface area contributed by atoms with E-state index < -0.39 is 0 Å². The minimum Gasteiger partial charge on any atom is -0.355 e. The van der Waals surface area contributed by atoms with Gasteiger partial charge in [0.05, 0.1) is 13.1 Å². The standard InChI is InChI=1S/C10H17N5O/c1-15-7-13-9(14-15)5-11-6-10(16)12-4-8-2-3-8/h7-8,11H,2-6H2,1H3,(H,12,16). The van der Waals surface area contributed by atoms with E-state index in [9.17, 15) is 4.79 Å². The Hall–Kier alpha value is -1.43. The molecule has 1 saturated carbocycles. The van der Waals surface area contributed by atoms with Crippen molar-refractivity contribution < 1.29 is 4.79 Å². The highest BCUT2D eigenvalue weighted by Gasteiger charge is 2.21. The maximum atomic E-state index is 11.4. The van der Waals surface area contributed by atoms with E-state index in [1.807, 2.05) is 7.05 Å². The van der Waals surface area contributed by atoms with Crippen molar-refractivity contribution in [1.82, 2.24) is 25.4 Å². The van der Waals surface area contributed by atoms with Gasteiger partial charge in [-0.2, -0.15) is 5.10 Å². The molecule has 0 unspecified atom stereocenters. The molecule has 0 aromatic carbocycles. The Balaban J connectivity index is 1.57. The number of hydrogen-bond acceptors (Lipinski definition) is 4. The van der Waals surface area contributed by atoms with Gasteiger partial charge in [-0.3, -0.25) is 9.48 Å². The van der Waals surface area contributed by atoms with Crippen molar-refractivity contribution in [2.45, 2.75) is 19.4 Å². The van der Waals surface area contributed by atoms with Gasteiger partial charge in [-0.05, 0) is 18.8 Å². The van der Waals surface area contributed by atoms with Gasteiger partial charge in [0.15, 0.2) is 5.82 Å². The number of aryl methyl sites for hydroxylation is 1. The van der Waals surface area contributed by atoms with Crippen LogP contribution in [0.1, 0.15) is 18.7 Å². The molecule has 0 bridgehead atoms. The molecule has 1 fully saturated rings. The third-order valence-electron chi connectivity index (χ3n) is 2.50. The van der Waals surface area contributed by atoms with E-state index in [1.165, 1.54) is 12.8 Å². The highest BCUT2D eigenvalue weighted by Crippen LogP contribution is 2.27. The molecule has 0 radical (unpaired) electrons. The molecule has 6 heteroatoms. The van der Waals surface area contributed by atoms with Crippen molar-refractivity contribution >= 4 is 5.91 Å². The Bertz CT molecular complexity index is 358. The molecule has 0 spiro atoms. The summed E-state index contributed by atoms with van der Waals surface area (Å²) in [6, 6.07) is 0. The molecule has 1 heterocycles. The van der Waals surface area contributed by atoms with Gasteiger partial charge in [-0.1, -0.05) is 0 Å². The highest BCUT2D eigenvalue weighted by molar-refractivity contribution is 5.77. The summed E-state index contributed by atoms with van der Waals surface area (Å²) in [6.07, 6.45) is 4.15. The van der Waals surface area contributed by atoms with Crippen LogP contribution in [0.15, 0.2) is 6.33 Å². The minimum atomic E-state index is 0.0443. The third-order valence-corrected chi connectivity index (χ3v) is 2.50. The largest absolute Gasteiger partial charge is 0.355 e. The molecule has 0 saturated heterocycles. The van der Waals surface area contributed by atoms with Crippen molar-refractivity contribution in [3.8, 4) is 0 Å². The normalized spacial score (nSPS) is 15.1. The lowest BCUT2D eigenvalue weighted by molar-refractivity contribution is -0.120. The molecule has 0 aliphatic heterocycles. The van der Waals surface area contributed by atoms with Crippen molar-refractivity contribution in [2.75, 3.05) is 13.1 Å². The number of carbonyl (C=O) groups excluding carboxylic acids is 1. The molecule has 0 atom stereocenters. The lowest BCUT2D eigenvalue weighted by Gasteiger charge is -2.04. The first-order valence-electron chi connectivity index (χ1n) is 5.56. The summed E-state index contributed by atoms with van der Waals surface area (Å²) in [5, 5.41) is 10.0. The second-order valence-corrected chi connectivity index (χ2v) is 4.19. The predicted octanol–water partition coefficient (Wildman–Crippen LogP) is -0.569. The van der Waals surface area contributed by atoms with Gasteiger partial charge in [0.25, 0.3) is 0 Å². The molecule has 1 aromatic heterocycles. The summed E-state index contributed by atoms with van der Waals surface area (Å²) < 4.78 is 1.64. The number of aromatic nitrogens is 3. The van der Waals surface area contributed by atoms with Crippen LogP contribution in [0.2, 0.25) is 0 Å². The molecule has 1 amide bonds. The summed E-state index contributed by atoms with van der Waals surface area (Å²) in [4.78, 5) is 15.4. The lowest BCUT2D eigenvalue weighted by atomic mass is 10.4. The smallest absolute Gasteiger partial charge is 0.233 e. The van der Waals surface area contributed by atoms with Crippen LogP contribution < -0.4 is 10.6 Å². The summed E-state index contributed by atoms with van der Waals surface area (Å²) >= 11 is 0. The molecule has 16 heavy (non-hydrogen) atoms. The lowest BCUT2D eigenvalue weighted by Crippen LogP contribution is -2.34. The van der Waals surface area contributed by atoms with Gasteiger partial charge in [0.1, 0.15) is 6.33 Å². The van der Waals surface area contributed by atoms with E-state index in [4.69, 9.17) is 0 Å². The molecule has 88 valence electrons. The quantitative estimate of drug-likeness (QED) is 0.677. The van der Waals surface area contributed by atoms with Gasteiger partial charge < -0.3 is 10.6 Å². The number of rotatable bonds is 6. The van der Waals surface area contributed by atoms with Gasteiger partial charge in [-0.15, -0.1) is 0 Å². The molecule has 2 N–H and O–H groups in total. The molecule has 1 aliphatic carbocycles. The van der Waals surface area contributed by atoms with E-state index in [0.29, 0.717) is 18.9 Å². The minimum absolute atomic E-state index is 0.0443. The van der Waals surface area contributed by atoms with Gasteiger partial charge in [0.2, 0.25) is 5.91 Å². The molecular formula is C10H17N5O. The summed E-state index contributed by atoms with van der Waals surface area (Å²) in [5.41, 5.74) is 0. The molecular weight excluding hydrogens is 206 g/mol. The second-order valence-electron chi connectivity index (χ2n) is 4.19. The molecule has 6 nitrogen and oxygen atoms in total. The maximum Gasteiger partial charge on any atom is 0.233 e. The van der Waals surface area contributed by atoms with E-state index in [2.05, 4.69) is 20.7 Å². The number of carbonyl (C=O) groups is 1. The fraction of sp³-hybridized carbons (Fsp3) is 0.700. The number of nitrogens with zero attached hydrogens (tertiary/aromatic N) is 3. The van der Waals surface area contributed by atoms with E-state index in [1.54, 1.807) is 11.0 Å². The molecule has 2 rings (SSSR count). The Kier molecular flexibility index (Phi) is 3.51. The predicted molar refractivity (Wildman–Crippen MR) is 58.4 cm³/mol.